The van der Waals surface area contributed by atoms with Gasteiger partial charge in [-0.05, 0) is 6.92 Å². The van der Waals surface area contributed by atoms with Crippen LogP contribution in [0.5, 0.6) is 5.88 Å². The molecule has 0 radical (unpaired) electrons. The number of aliphatic carboxylic acids is 1. The van der Waals surface area contributed by atoms with Gasteiger partial charge in [0.15, 0.2) is 6.61 Å². The van der Waals surface area contributed by atoms with E-state index in [1.807, 2.05) is 0 Å². The second kappa shape index (κ2) is 3.66. The molecule has 0 aromatic carbocycles. The van der Waals surface area contributed by atoms with Gasteiger partial charge in [-0.25, -0.2) is 9.48 Å². The lowest BCUT2D eigenvalue weighted by Crippen LogP contribution is -2.11. The van der Waals surface area contributed by atoms with E-state index in [2.05, 4.69) is 5.10 Å². The Labute approximate surface area is 79.9 Å². The van der Waals surface area contributed by atoms with E-state index in [4.69, 9.17) is 21.4 Å². The van der Waals surface area contributed by atoms with Crippen molar-refractivity contribution >= 4 is 17.6 Å². The number of carboxylic acids is 1. The molecule has 0 amide bonds. The van der Waals surface area contributed by atoms with Gasteiger partial charge in [0, 0.05) is 7.05 Å². The minimum absolute atomic E-state index is 0.279. The molecule has 5 nitrogen and oxygen atoms in total. The maximum atomic E-state index is 10.2. The summed E-state index contributed by atoms with van der Waals surface area (Å²) in [4.78, 5) is 10.2. The molecule has 0 saturated carbocycles. The van der Waals surface area contributed by atoms with E-state index >= 15 is 0 Å². The van der Waals surface area contributed by atoms with Gasteiger partial charge in [0.1, 0.15) is 5.02 Å². The first-order valence-electron chi connectivity index (χ1n) is 3.56. The van der Waals surface area contributed by atoms with Crippen LogP contribution in [0.15, 0.2) is 0 Å². The molecule has 0 aliphatic carbocycles. The quantitative estimate of drug-likeness (QED) is 0.793. The number of aromatic nitrogens is 2. The van der Waals surface area contributed by atoms with Gasteiger partial charge in [-0.15, -0.1) is 0 Å². The van der Waals surface area contributed by atoms with Gasteiger partial charge in [-0.3, -0.25) is 0 Å². The predicted molar refractivity (Wildman–Crippen MR) is 46.1 cm³/mol. The van der Waals surface area contributed by atoms with Crippen LogP contribution < -0.4 is 4.74 Å². The molecule has 0 fully saturated rings. The van der Waals surface area contributed by atoms with Crippen LogP contribution in [0.4, 0.5) is 0 Å². The molecule has 0 bridgehead atoms. The van der Waals surface area contributed by atoms with Gasteiger partial charge in [-0.2, -0.15) is 5.10 Å². The van der Waals surface area contributed by atoms with Crippen molar-refractivity contribution in [1.82, 2.24) is 9.78 Å². The lowest BCUT2D eigenvalue weighted by molar-refractivity contribution is -0.139. The molecular formula is C7H9ClN2O3. The summed E-state index contributed by atoms with van der Waals surface area (Å²) in [5, 5.41) is 12.7. The first kappa shape index (κ1) is 9.85. The Balaban J connectivity index is 2.81. The third-order valence-corrected chi connectivity index (χ3v) is 1.87. The number of carboxylic acid groups (broad SMARTS) is 1. The van der Waals surface area contributed by atoms with E-state index in [-0.39, 0.29) is 5.88 Å². The first-order valence-corrected chi connectivity index (χ1v) is 3.94. The van der Waals surface area contributed by atoms with Crippen molar-refractivity contribution in [2.45, 2.75) is 6.92 Å². The highest BCUT2D eigenvalue weighted by molar-refractivity contribution is 6.32. The number of carbonyl (C=O) groups is 1. The van der Waals surface area contributed by atoms with Crippen molar-refractivity contribution in [2.75, 3.05) is 6.61 Å². The number of hydrogen-bond donors (Lipinski definition) is 1. The van der Waals surface area contributed by atoms with Crippen molar-refractivity contribution in [3.63, 3.8) is 0 Å². The Kier molecular flexibility index (Phi) is 2.77. The molecule has 1 aromatic heterocycles. The maximum absolute atomic E-state index is 10.2. The average molecular weight is 205 g/mol. The summed E-state index contributed by atoms with van der Waals surface area (Å²) < 4.78 is 6.32. The molecule has 1 rings (SSSR count). The fourth-order valence-corrected chi connectivity index (χ4v) is 1.11. The summed E-state index contributed by atoms with van der Waals surface area (Å²) >= 11 is 5.80. The summed E-state index contributed by atoms with van der Waals surface area (Å²) in [6, 6.07) is 0. The van der Waals surface area contributed by atoms with Gasteiger partial charge >= 0.3 is 5.97 Å². The van der Waals surface area contributed by atoms with E-state index in [1.165, 1.54) is 4.68 Å². The summed E-state index contributed by atoms with van der Waals surface area (Å²) in [5.41, 5.74) is 0.615. The Morgan fingerprint density at radius 2 is 2.38 bits per heavy atom. The van der Waals surface area contributed by atoms with Gasteiger partial charge in [0.25, 0.3) is 0 Å². The van der Waals surface area contributed by atoms with Crippen molar-refractivity contribution in [1.29, 1.82) is 0 Å². The minimum Gasteiger partial charge on any atom is -0.479 e. The highest BCUT2D eigenvalue weighted by atomic mass is 35.5. The summed E-state index contributed by atoms with van der Waals surface area (Å²) in [5.74, 6) is -0.767. The van der Waals surface area contributed by atoms with Crippen molar-refractivity contribution in [3.05, 3.63) is 10.7 Å². The largest absolute Gasteiger partial charge is 0.479 e. The maximum Gasteiger partial charge on any atom is 0.341 e. The van der Waals surface area contributed by atoms with Crippen LogP contribution in [0.25, 0.3) is 0 Å². The Hall–Kier alpha value is -1.23. The fraction of sp³-hybridized carbons (Fsp3) is 0.429. The van der Waals surface area contributed by atoms with Crippen molar-refractivity contribution in [3.8, 4) is 5.88 Å². The molecule has 1 heterocycles. The highest BCUT2D eigenvalue weighted by Crippen LogP contribution is 2.26. The number of nitrogens with zero attached hydrogens (tertiary/aromatic N) is 2. The molecular weight excluding hydrogens is 196 g/mol. The lowest BCUT2D eigenvalue weighted by atomic mass is 10.5. The number of hydrogen-bond acceptors (Lipinski definition) is 3. The third-order valence-electron chi connectivity index (χ3n) is 1.43. The molecule has 1 N–H and O–H groups in total. The summed E-state index contributed by atoms with van der Waals surface area (Å²) in [7, 11) is 1.63. The molecule has 0 saturated heterocycles. The Morgan fingerprint density at radius 3 is 2.77 bits per heavy atom. The molecule has 0 aliphatic rings. The van der Waals surface area contributed by atoms with E-state index in [1.54, 1.807) is 14.0 Å². The van der Waals surface area contributed by atoms with Gasteiger partial charge in [0.2, 0.25) is 5.88 Å². The molecule has 6 heteroatoms. The SMILES string of the molecule is Cc1nn(C)c(OCC(=O)O)c1Cl. The zero-order valence-electron chi connectivity index (χ0n) is 7.24. The molecule has 0 spiro atoms. The smallest absolute Gasteiger partial charge is 0.341 e. The fourth-order valence-electron chi connectivity index (χ4n) is 0.898. The molecule has 13 heavy (non-hydrogen) atoms. The van der Waals surface area contributed by atoms with Crippen molar-refractivity contribution < 1.29 is 14.6 Å². The lowest BCUT2D eigenvalue weighted by Gasteiger charge is -2.02. The predicted octanol–water partition coefficient (Wildman–Crippen LogP) is 0.845. The molecule has 72 valence electrons. The minimum atomic E-state index is -1.05. The monoisotopic (exact) mass is 204 g/mol. The second-order valence-corrected chi connectivity index (χ2v) is 2.89. The first-order chi connectivity index (χ1) is 6.02. The van der Waals surface area contributed by atoms with Crippen LogP contribution in [-0.2, 0) is 11.8 Å². The van der Waals surface area contributed by atoms with Crippen LogP contribution >= 0.6 is 11.6 Å². The standard InChI is InChI=1S/C7H9ClN2O3/c1-4-6(8)7(10(2)9-4)13-3-5(11)12/h3H2,1-2H3,(H,11,12). The zero-order chi connectivity index (χ0) is 10.0. The molecule has 0 atom stereocenters. The van der Waals surface area contributed by atoms with Gasteiger partial charge in [0.05, 0.1) is 5.69 Å². The number of ether oxygens (including phenoxy) is 1. The van der Waals surface area contributed by atoms with E-state index < -0.39 is 12.6 Å². The molecule has 0 aliphatic heterocycles. The average Bonchev–Trinajstić information content (AvgIpc) is 2.24. The topological polar surface area (TPSA) is 64.4 Å². The summed E-state index contributed by atoms with van der Waals surface area (Å²) in [6.07, 6.45) is 0. The molecule has 0 unspecified atom stereocenters. The van der Waals surface area contributed by atoms with Crippen LogP contribution in [-0.4, -0.2) is 27.5 Å². The van der Waals surface area contributed by atoms with Crippen molar-refractivity contribution in [2.24, 2.45) is 7.05 Å². The van der Waals surface area contributed by atoms with Gasteiger partial charge in [-0.1, -0.05) is 11.6 Å². The van der Waals surface area contributed by atoms with Gasteiger partial charge < -0.3 is 9.84 Å². The number of rotatable bonds is 3. The third kappa shape index (κ3) is 2.12. The Morgan fingerprint density at radius 1 is 1.77 bits per heavy atom. The number of halogens is 1. The normalized spacial score (nSPS) is 10.1. The van der Waals surface area contributed by atoms with Crippen LogP contribution in [0.2, 0.25) is 5.02 Å². The van der Waals surface area contributed by atoms with E-state index in [0.29, 0.717) is 10.7 Å². The van der Waals surface area contributed by atoms with E-state index in [9.17, 15) is 4.79 Å². The van der Waals surface area contributed by atoms with Crippen LogP contribution in [0.1, 0.15) is 5.69 Å². The Bertz CT molecular complexity index is 335. The molecule has 1 aromatic rings. The second-order valence-electron chi connectivity index (χ2n) is 2.51. The number of aryl methyl sites for hydroxylation is 2. The summed E-state index contributed by atoms with van der Waals surface area (Å²) in [6.45, 7) is 1.30. The highest BCUT2D eigenvalue weighted by Gasteiger charge is 2.13. The van der Waals surface area contributed by atoms with E-state index in [0.717, 1.165) is 0 Å². The van der Waals surface area contributed by atoms with Crippen LogP contribution in [0, 0.1) is 6.92 Å². The van der Waals surface area contributed by atoms with Crippen LogP contribution in [0.3, 0.4) is 0 Å². The zero-order valence-corrected chi connectivity index (χ0v) is 8.00.